The van der Waals surface area contributed by atoms with Gasteiger partial charge in [0.25, 0.3) is 5.56 Å². The lowest BCUT2D eigenvalue weighted by Crippen LogP contribution is -2.09. The van der Waals surface area contributed by atoms with Crippen molar-refractivity contribution in [2.24, 2.45) is 0 Å². The number of aromatic nitrogens is 3. The summed E-state index contributed by atoms with van der Waals surface area (Å²) in [5.41, 5.74) is 7.22. The van der Waals surface area contributed by atoms with Gasteiger partial charge in [-0.1, -0.05) is 11.8 Å². The average Bonchev–Trinajstić information content (AvgIpc) is 2.36. The molecule has 100 valence electrons. The number of hydrogen-bond donors (Lipinski definition) is 3. The van der Waals surface area contributed by atoms with Gasteiger partial charge in [-0.25, -0.2) is 4.98 Å². The molecule has 2 aromatic rings. The Morgan fingerprint density at radius 1 is 1.47 bits per heavy atom. The number of thioether (sulfide) groups is 1. The van der Waals surface area contributed by atoms with Crippen LogP contribution in [-0.2, 0) is 5.75 Å². The molecule has 0 aliphatic carbocycles. The Labute approximate surface area is 114 Å². The van der Waals surface area contributed by atoms with E-state index in [2.05, 4.69) is 20.3 Å². The second kappa shape index (κ2) is 6.24. The van der Waals surface area contributed by atoms with Gasteiger partial charge in [-0.15, -0.1) is 0 Å². The fourth-order valence-electron chi connectivity index (χ4n) is 1.54. The van der Waals surface area contributed by atoms with Gasteiger partial charge >= 0.3 is 0 Å². The first-order valence-electron chi connectivity index (χ1n) is 5.86. The second-order valence-electron chi connectivity index (χ2n) is 3.83. The molecule has 19 heavy (non-hydrogen) atoms. The number of anilines is 2. The summed E-state index contributed by atoms with van der Waals surface area (Å²) in [5, 5.41) is 3.72. The second-order valence-corrected chi connectivity index (χ2v) is 4.79. The van der Waals surface area contributed by atoms with E-state index in [1.807, 2.05) is 19.1 Å². The maximum Gasteiger partial charge on any atom is 0.253 e. The highest BCUT2D eigenvalue weighted by atomic mass is 32.2. The van der Waals surface area contributed by atoms with Crippen LogP contribution in [0.3, 0.4) is 0 Å². The molecule has 2 rings (SSSR count). The first kappa shape index (κ1) is 13.4. The molecule has 2 aromatic heterocycles. The molecule has 4 N–H and O–H groups in total. The fraction of sp³-hybridized carbons (Fsp3) is 0.250. The van der Waals surface area contributed by atoms with Gasteiger partial charge in [-0.05, 0) is 19.1 Å². The van der Waals surface area contributed by atoms with Crippen LogP contribution in [0.25, 0.3) is 0 Å². The van der Waals surface area contributed by atoms with E-state index in [4.69, 9.17) is 5.73 Å². The minimum atomic E-state index is -0.246. The third kappa shape index (κ3) is 3.99. The molecule has 2 heterocycles. The zero-order chi connectivity index (χ0) is 13.7. The van der Waals surface area contributed by atoms with E-state index in [1.54, 1.807) is 6.20 Å². The lowest BCUT2D eigenvalue weighted by Gasteiger charge is -2.05. The molecule has 0 fully saturated rings. The van der Waals surface area contributed by atoms with Crippen LogP contribution in [-0.4, -0.2) is 21.5 Å². The van der Waals surface area contributed by atoms with Crippen LogP contribution in [0.4, 0.5) is 11.5 Å². The number of nitrogens with zero attached hydrogens (tertiary/aromatic N) is 2. The molecule has 0 radical (unpaired) electrons. The molecular weight excluding hydrogens is 262 g/mol. The van der Waals surface area contributed by atoms with Gasteiger partial charge in [0, 0.05) is 30.2 Å². The van der Waals surface area contributed by atoms with Gasteiger partial charge in [0.1, 0.15) is 5.82 Å². The third-order valence-corrected chi connectivity index (χ3v) is 3.20. The molecular formula is C12H15N5OS. The van der Waals surface area contributed by atoms with Gasteiger partial charge in [0.2, 0.25) is 0 Å². The number of nitrogen functional groups attached to an aromatic ring is 1. The monoisotopic (exact) mass is 277 g/mol. The molecule has 0 atom stereocenters. The van der Waals surface area contributed by atoms with E-state index in [-0.39, 0.29) is 11.4 Å². The molecule has 0 aromatic carbocycles. The predicted molar refractivity (Wildman–Crippen MR) is 77.2 cm³/mol. The SMILES string of the molecule is CCNc1ccnc(CSc2nc(N)cc(=O)[nH]2)c1. The summed E-state index contributed by atoms with van der Waals surface area (Å²) in [6.45, 7) is 2.90. The molecule has 0 amide bonds. The largest absolute Gasteiger partial charge is 0.385 e. The lowest BCUT2D eigenvalue weighted by atomic mass is 10.3. The summed E-state index contributed by atoms with van der Waals surface area (Å²) in [4.78, 5) is 22.2. The molecule has 7 heteroatoms. The first-order chi connectivity index (χ1) is 9.17. The van der Waals surface area contributed by atoms with Crippen LogP contribution in [0.1, 0.15) is 12.6 Å². The van der Waals surface area contributed by atoms with E-state index >= 15 is 0 Å². The Kier molecular flexibility index (Phi) is 4.40. The molecule has 0 saturated heterocycles. The van der Waals surface area contributed by atoms with E-state index in [1.165, 1.54) is 17.8 Å². The lowest BCUT2D eigenvalue weighted by molar-refractivity contribution is 0.943. The third-order valence-electron chi connectivity index (χ3n) is 2.29. The van der Waals surface area contributed by atoms with E-state index in [0.29, 0.717) is 10.9 Å². The van der Waals surface area contributed by atoms with Crippen molar-refractivity contribution in [3.8, 4) is 0 Å². The van der Waals surface area contributed by atoms with Crippen LogP contribution in [0.15, 0.2) is 34.3 Å². The number of pyridine rings is 1. The summed E-state index contributed by atoms with van der Waals surface area (Å²) in [5.74, 6) is 0.839. The number of rotatable bonds is 5. The highest BCUT2D eigenvalue weighted by molar-refractivity contribution is 7.98. The summed E-state index contributed by atoms with van der Waals surface area (Å²) < 4.78 is 0. The van der Waals surface area contributed by atoms with Crippen LogP contribution in [0.2, 0.25) is 0 Å². The number of nitrogens with two attached hydrogens (primary N) is 1. The Bertz CT molecular complexity index is 613. The fourth-order valence-corrected chi connectivity index (χ4v) is 2.32. The summed E-state index contributed by atoms with van der Waals surface area (Å²) in [6, 6.07) is 5.15. The van der Waals surface area contributed by atoms with Crippen molar-refractivity contribution in [2.45, 2.75) is 17.8 Å². The summed E-state index contributed by atoms with van der Waals surface area (Å²) in [7, 11) is 0. The molecule has 6 nitrogen and oxygen atoms in total. The zero-order valence-electron chi connectivity index (χ0n) is 10.5. The quantitative estimate of drug-likeness (QED) is 0.565. The van der Waals surface area contributed by atoms with E-state index < -0.39 is 0 Å². The molecule has 0 unspecified atom stereocenters. The number of hydrogen-bond acceptors (Lipinski definition) is 6. The van der Waals surface area contributed by atoms with Gasteiger partial charge in [-0.3, -0.25) is 9.78 Å². The van der Waals surface area contributed by atoms with Crippen molar-refractivity contribution < 1.29 is 0 Å². The number of nitrogens with one attached hydrogen (secondary N) is 2. The summed E-state index contributed by atoms with van der Waals surface area (Å²) in [6.07, 6.45) is 1.75. The number of aromatic amines is 1. The van der Waals surface area contributed by atoms with Crippen molar-refractivity contribution in [3.63, 3.8) is 0 Å². The van der Waals surface area contributed by atoms with Crippen molar-refractivity contribution in [1.29, 1.82) is 0 Å². The van der Waals surface area contributed by atoms with Crippen molar-refractivity contribution in [1.82, 2.24) is 15.0 Å². The van der Waals surface area contributed by atoms with E-state index in [9.17, 15) is 4.79 Å². The number of H-pyrrole nitrogens is 1. The minimum Gasteiger partial charge on any atom is -0.385 e. The highest BCUT2D eigenvalue weighted by Gasteiger charge is 2.02. The molecule has 0 saturated carbocycles. The van der Waals surface area contributed by atoms with Crippen molar-refractivity contribution >= 4 is 23.3 Å². The van der Waals surface area contributed by atoms with Gasteiger partial charge in [0.05, 0.1) is 5.69 Å². The predicted octanol–water partition coefficient (Wildman–Crippen LogP) is 1.47. The maximum atomic E-state index is 11.2. The molecule has 0 bridgehead atoms. The van der Waals surface area contributed by atoms with Gasteiger partial charge < -0.3 is 16.0 Å². The highest BCUT2D eigenvalue weighted by Crippen LogP contribution is 2.19. The first-order valence-corrected chi connectivity index (χ1v) is 6.84. The van der Waals surface area contributed by atoms with Crippen molar-refractivity contribution in [3.05, 3.63) is 40.4 Å². The molecule has 0 spiro atoms. The Morgan fingerprint density at radius 3 is 3.05 bits per heavy atom. The average molecular weight is 277 g/mol. The normalized spacial score (nSPS) is 10.4. The minimum absolute atomic E-state index is 0.223. The Hall–Kier alpha value is -2.02. The van der Waals surface area contributed by atoms with Crippen LogP contribution >= 0.6 is 11.8 Å². The van der Waals surface area contributed by atoms with E-state index in [0.717, 1.165) is 17.9 Å². The maximum absolute atomic E-state index is 11.2. The van der Waals surface area contributed by atoms with Gasteiger partial charge in [-0.2, -0.15) is 0 Å². The molecule has 0 aliphatic heterocycles. The Balaban J connectivity index is 2.05. The summed E-state index contributed by atoms with van der Waals surface area (Å²) >= 11 is 1.39. The molecule has 0 aliphatic rings. The van der Waals surface area contributed by atoms with Crippen LogP contribution < -0.4 is 16.6 Å². The van der Waals surface area contributed by atoms with Crippen LogP contribution in [0, 0.1) is 0 Å². The topological polar surface area (TPSA) is 96.7 Å². The standard InChI is InChI=1S/C12H15N5OS/c1-2-14-8-3-4-15-9(5-8)7-19-12-16-10(13)6-11(18)17-12/h3-6H,2,7H2,1H3,(H,14,15)(H3,13,16,17,18). The van der Waals surface area contributed by atoms with Gasteiger partial charge in [0.15, 0.2) is 5.16 Å². The Morgan fingerprint density at radius 2 is 2.32 bits per heavy atom. The van der Waals surface area contributed by atoms with Crippen molar-refractivity contribution in [2.75, 3.05) is 17.6 Å². The smallest absolute Gasteiger partial charge is 0.253 e. The van der Waals surface area contributed by atoms with Crippen LogP contribution in [0.5, 0.6) is 0 Å². The zero-order valence-corrected chi connectivity index (χ0v) is 11.3.